The van der Waals surface area contributed by atoms with Crippen molar-refractivity contribution in [2.24, 2.45) is 0 Å². The van der Waals surface area contributed by atoms with Crippen molar-refractivity contribution in [2.75, 3.05) is 0 Å². The lowest BCUT2D eigenvalue weighted by Crippen LogP contribution is -2.28. The first-order valence-electron chi connectivity index (χ1n) is 6.60. The van der Waals surface area contributed by atoms with Gasteiger partial charge in [0.2, 0.25) is 0 Å². The molecule has 112 valence electrons. The molecule has 0 aliphatic carbocycles. The summed E-state index contributed by atoms with van der Waals surface area (Å²) in [4.78, 5) is 16.4. The smallest absolute Gasteiger partial charge is 0.254 e. The molecule has 0 radical (unpaired) electrons. The Kier molecular flexibility index (Phi) is 4.67. The van der Waals surface area contributed by atoms with Crippen LogP contribution in [0.5, 0.6) is 0 Å². The van der Waals surface area contributed by atoms with E-state index in [2.05, 4.69) is 10.3 Å². The Morgan fingerprint density at radius 2 is 2.00 bits per heavy atom. The Hall–Kier alpha value is -1.82. The number of halogens is 2. The van der Waals surface area contributed by atoms with E-state index in [-0.39, 0.29) is 11.6 Å². The van der Waals surface area contributed by atoms with Gasteiger partial charge < -0.3 is 5.32 Å². The highest BCUT2D eigenvalue weighted by Crippen LogP contribution is 2.23. The molecule has 1 heterocycles. The molecule has 3 nitrogen and oxygen atoms in total. The molecule has 1 aromatic carbocycles. The van der Waals surface area contributed by atoms with Gasteiger partial charge in [0.05, 0.1) is 22.3 Å². The van der Waals surface area contributed by atoms with E-state index in [1.807, 2.05) is 19.2 Å². The van der Waals surface area contributed by atoms with Crippen molar-refractivity contribution in [1.82, 2.24) is 10.3 Å². The first-order valence-corrected chi connectivity index (χ1v) is 7.48. The molecule has 0 bridgehead atoms. The predicted molar refractivity (Wildman–Crippen MR) is 78.4 cm³/mol. The fourth-order valence-corrected chi connectivity index (χ4v) is 2.72. The zero-order valence-electron chi connectivity index (χ0n) is 12.0. The molecule has 2 aromatic rings. The van der Waals surface area contributed by atoms with Gasteiger partial charge in [0.15, 0.2) is 11.6 Å². The van der Waals surface area contributed by atoms with Gasteiger partial charge in [-0.2, -0.15) is 0 Å². The quantitative estimate of drug-likeness (QED) is 0.926. The summed E-state index contributed by atoms with van der Waals surface area (Å²) in [5.74, 6) is -2.51. The second-order valence-electron chi connectivity index (χ2n) is 5.06. The molecule has 0 spiro atoms. The van der Waals surface area contributed by atoms with Crippen LogP contribution in [0.2, 0.25) is 0 Å². The highest BCUT2D eigenvalue weighted by molar-refractivity contribution is 7.09. The number of nitrogens with one attached hydrogen (secondary N) is 1. The molecule has 1 amide bonds. The van der Waals surface area contributed by atoms with Crippen LogP contribution in [-0.4, -0.2) is 10.9 Å². The molecule has 2 rings (SSSR count). The van der Waals surface area contributed by atoms with Crippen molar-refractivity contribution in [3.05, 3.63) is 51.5 Å². The van der Waals surface area contributed by atoms with Crippen molar-refractivity contribution in [3.8, 4) is 0 Å². The Labute approximate surface area is 126 Å². The van der Waals surface area contributed by atoms with Crippen LogP contribution >= 0.6 is 11.3 Å². The average molecular weight is 310 g/mol. The molecule has 0 fully saturated rings. The van der Waals surface area contributed by atoms with E-state index in [4.69, 9.17) is 0 Å². The lowest BCUT2D eigenvalue weighted by atomic mass is 10.1. The van der Waals surface area contributed by atoms with Gasteiger partial charge in [-0.05, 0) is 19.1 Å². The number of amides is 1. The van der Waals surface area contributed by atoms with Crippen LogP contribution in [-0.2, 0) is 0 Å². The van der Waals surface area contributed by atoms with Crippen LogP contribution in [0.4, 0.5) is 8.78 Å². The molecule has 0 saturated carbocycles. The standard InChI is InChI=1S/C15H16F2N2OS/c1-8(2)15-19-12(7-21-15)9(3)18-14(20)10-5-4-6-11(16)13(10)17/h4-9H,1-3H3,(H,18,20)/t9-/m0/s1. The van der Waals surface area contributed by atoms with Gasteiger partial charge in [0, 0.05) is 11.3 Å². The average Bonchev–Trinajstić information content (AvgIpc) is 2.91. The van der Waals surface area contributed by atoms with Crippen molar-refractivity contribution >= 4 is 17.2 Å². The summed E-state index contributed by atoms with van der Waals surface area (Å²) >= 11 is 1.52. The first kappa shape index (κ1) is 15.6. The minimum atomic E-state index is -1.14. The van der Waals surface area contributed by atoms with Gasteiger partial charge in [0.25, 0.3) is 5.91 Å². The fraction of sp³-hybridized carbons (Fsp3) is 0.333. The number of carbonyl (C=O) groups excluding carboxylic acids is 1. The number of thiazole rings is 1. The van der Waals surface area contributed by atoms with Crippen molar-refractivity contribution < 1.29 is 13.6 Å². The summed E-state index contributed by atoms with van der Waals surface area (Å²) in [6, 6.07) is 3.16. The van der Waals surface area contributed by atoms with Gasteiger partial charge in [0.1, 0.15) is 0 Å². The van der Waals surface area contributed by atoms with Crippen molar-refractivity contribution in [1.29, 1.82) is 0 Å². The van der Waals surface area contributed by atoms with Crippen molar-refractivity contribution in [3.63, 3.8) is 0 Å². The largest absolute Gasteiger partial charge is 0.344 e. The maximum Gasteiger partial charge on any atom is 0.254 e. The van der Waals surface area contributed by atoms with Gasteiger partial charge in [-0.15, -0.1) is 11.3 Å². The Balaban J connectivity index is 2.13. The Morgan fingerprint density at radius 3 is 2.62 bits per heavy atom. The van der Waals surface area contributed by atoms with Gasteiger partial charge in [-0.1, -0.05) is 19.9 Å². The first-order chi connectivity index (χ1) is 9.90. The molecule has 0 unspecified atom stereocenters. The number of rotatable bonds is 4. The van der Waals surface area contributed by atoms with E-state index < -0.39 is 17.5 Å². The molecule has 0 aliphatic heterocycles. The van der Waals surface area contributed by atoms with Crippen LogP contribution in [0.25, 0.3) is 0 Å². The highest BCUT2D eigenvalue weighted by Gasteiger charge is 2.19. The maximum absolute atomic E-state index is 13.6. The second-order valence-corrected chi connectivity index (χ2v) is 5.95. The minimum Gasteiger partial charge on any atom is -0.344 e. The number of hydrogen-bond donors (Lipinski definition) is 1. The lowest BCUT2D eigenvalue weighted by molar-refractivity contribution is 0.0934. The van der Waals surface area contributed by atoms with Crippen molar-refractivity contribution in [2.45, 2.75) is 32.7 Å². The maximum atomic E-state index is 13.6. The second kappa shape index (κ2) is 6.30. The molecule has 6 heteroatoms. The molecule has 1 aromatic heterocycles. The van der Waals surface area contributed by atoms with E-state index in [0.717, 1.165) is 11.1 Å². The number of benzene rings is 1. The summed E-state index contributed by atoms with van der Waals surface area (Å²) in [5.41, 5.74) is 0.412. The molecule has 0 saturated heterocycles. The molecule has 21 heavy (non-hydrogen) atoms. The molecular formula is C15H16F2N2OS. The summed E-state index contributed by atoms with van der Waals surface area (Å²) in [6.45, 7) is 5.83. The monoisotopic (exact) mass is 310 g/mol. The van der Waals surface area contributed by atoms with E-state index >= 15 is 0 Å². The van der Waals surface area contributed by atoms with Crippen LogP contribution in [0.15, 0.2) is 23.6 Å². The summed E-state index contributed by atoms with van der Waals surface area (Å²) in [7, 11) is 0. The Bertz CT molecular complexity index is 655. The third kappa shape index (κ3) is 3.44. The Morgan fingerprint density at radius 1 is 1.29 bits per heavy atom. The third-order valence-electron chi connectivity index (χ3n) is 3.02. The summed E-state index contributed by atoms with van der Waals surface area (Å²) < 4.78 is 26.7. The van der Waals surface area contributed by atoms with E-state index in [9.17, 15) is 13.6 Å². The molecule has 0 aliphatic rings. The van der Waals surface area contributed by atoms with Crippen LogP contribution in [0, 0.1) is 11.6 Å². The zero-order valence-corrected chi connectivity index (χ0v) is 12.8. The number of aromatic nitrogens is 1. The molecular weight excluding hydrogens is 294 g/mol. The minimum absolute atomic E-state index is 0.304. The van der Waals surface area contributed by atoms with Gasteiger partial charge in [-0.3, -0.25) is 4.79 Å². The van der Waals surface area contributed by atoms with E-state index in [1.165, 1.54) is 23.5 Å². The van der Waals surface area contributed by atoms with Crippen LogP contribution < -0.4 is 5.32 Å². The fourth-order valence-electron chi connectivity index (χ4n) is 1.79. The number of hydrogen-bond acceptors (Lipinski definition) is 3. The number of carbonyl (C=O) groups is 1. The summed E-state index contributed by atoms with van der Waals surface area (Å²) in [5, 5.41) is 5.47. The normalized spacial score (nSPS) is 12.5. The van der Waals surface area contributed by atoms with E-state index in [1.54, 1.807) is 6.92 Å². The lowest BCUT2D eigenvalue weighted by Gasteiger charge is -2.12. The predicted octanol–water partition coefficient (Wildman–Crippen LogP) is 4.04. The van der Waals surface area contributed by atoms with E-state index in [0.29, 0.717) is 11.6 Å². The van der Waals surface area contributed by atoms with Crippen LogP contribution in [0.3, 0.4) is 0 Å². The summed E-state index contributed by atoms with van der Waals surface area (Å²) in [6.07, 6.45) is 0. The topological polar surface area (TPSA) is 42.0 Å². The van der Waals surface area contributed by atoms with Gasteiger partial charge in [-0.25, -0.2) is 13.8 Å². The third-order valence-corrected chi connectivity index (χ3v) is 4.18. The molecule has 1 atom stereocenters. The zero-order chi connectivity index (χ0) is 15.6. The van der Waals surface area contributed by atoms with Gasteiger partial charge >= 0.3 is 0 Å². The SMILES string of the molecule is CC(C)c1nc([C@H](C)NC(=O)c2cccc(F)c2F)cs1. The van der Waals surface area contributed by atoms with Crippen LogP contribution in [0.1, 0.15) is 53.8 Å². The molecule has 1 N–H and O–H groups in total. The number of nitrogens with zero attached hydrogens (tertiary/aromatic N) is 1. The highest BCUT2D eigenvalue weighted by atomic mass is 32.1.